The SMILES string of the molecule is Fc1cnn(-c2ccc(Br)cc2)c1. The summed E-state index contributed by atoms with van der Waals surface area (Å²) >= 11 is 3.32. The van der Waals surface area contributed by atoms with E-state index in [2.05, 4.69) is 21.0 Å². The molecule has 0 N–H and O–H groups in total. The second kappa shape index (κ2) is 3.30. The van der Waals surface area contributed by atoms with Crippen LogP contribution in [0.15, 0.2) is 41.1 Å². The summed E-state index contributed by atoms with van der Waals surface area (Å²) in [6.07, 6.45) is 2.52. The minimum atomic E-state index is -0.331. The maximum atomic E-state index is 12.6. The Labute approximate surface area is 83.1 Å². The van der Waals surface area contributed by atoms with E-state index in [1.165, 1.54) is 17.1 Å². The van der Waals surface area contributed by atoms with Gasteiger partial charge >= 0.3 is 0 Å². The van der Waals surface area contributed by atoms with Gasteiger partial charge in [-0.15, -0.1) is 0 Å². The molecule has 0 radical (unpaired) electrons. The molecule has 2 nitrogen and oxygen atoms in total. The Morgan fingerprint density at radius 3 is 2.46 bits per heavy atom. The molecule has 1 heterocycles. The summed E-state index contributed by atoms with van der Waals surface area (Å²) in [4.78, 5) is 0. The van der Waals surface area contributed by atoms with Crippen LogP contribution in [0.4, 0.5) is 4.39 Å². The number of hydrogen-bond acceptors (Lipinski definition) is 1. The Balaban J connectivity index is 2.41. The van der Waals surface area contributed by atoms with Crippen molar-refractivity contribution >= 4 is 15.9 Å². The molecule has 0 aliphatic rings. The van der Waals surface area contributed by atoms with Gasteiger partial charge in [0.25, 0.3) is 0 Å². The Kier molecular flexibility index (Phi) is 2.14. The Hall–Kier alpha value is -1.16. The van der Waals surface area contributed by atoms with Gasteiger partial charge in [0.05, 0.1) is 18.1 Å². The third-order valence-electron chi connectivity index (χ3n) is 1.64. The Morgan fingerprint density at radius 1 is 1.23 bits per heavy atom. The molecule has 0 atom stereocenters. The summed E-state index contributed by atoms with van der Waals surface area (Å²) in [6.45, 7) is 0. The number of rotatable bonds is 1. The van der Waals surface area contributed by atoms with Crippen molar-refractivity contribution in [3.8, 4) is 5.69 Å². The minimum Gasteiger partial charge on any atom is -0.238 e. The quantitative estimate of drug-likeness (QED) is 0.750. The van der Waals surface area contributed by atoms with Gasteiger partial charge in [-0.25, -0.2) is 9.07 Å². The van der Waals surface area contributed by atoms with Crippen LogP contribution in [0, 0.1) is 5.82 Å². The first kappa shape index (κ1) is 8.44. The summed E-state index contributed by atoms with van der Waals surface area (Å²) in [5.41, 5.74) is 0.840. The lowest BCUT2D eigenvalue weighted by Gasteiger charge is -1.99. The van der Waals surface area contributed by atoms with Crippen LogP contribution < -0.4 is 0 Å². The fourth-order valence-corrected chi connectivity index (χ4v) is 1.30. The zero-order valence-corrected chi connectivity index (χ0v) is 8.20. The highest BCUT2D eigenvalue weighted by Crippen LogP contribution is 2.13. The maximum Gasteiger partial charge on any atom is 0.161 e. The predicted octanol–water partition coefficient (Wildman–Crippen LogP) is 2.77. The van der Waals surface area contributed by atoms with Gasteiger partial charge in [-0.1, -0.05) is 15.9 Å². The number of nitrogens with zero attached hydrogens (tertiary/aromatic N) is 2. The van der Waals surface area contributed by atoms with Crippen molar-refractivity contribution in [2.45, 2.75) is 0 Å². The van der Waals surface area contributed by atoms with E-state index in [1.807, 2.05) is 24.3 Å². The van der Waals surface area contributed by atoms with Gasteiger partial charge < -0.3 is 0 Å². The molecule has 0 aliphatic carbocycles. The second-order valence-electron chi connectivity index (χ2n) is 2.58. The summed E-state index contributed by atoms with van der Waals surface area (Å²) in [5.74, 6) is -0.331. The molecular formula is C9H6BrFN2. The highest BCUT2D eigenvalue weighted by molar-refractivity contribution is 9.10. The van der Waals surface area contributed by atoms with Gasteiger partial charge in [0.2, 0.25) is 0 Å². The fraction of sp³-hybridized carbons (Fsp3) is 0. The molecule has 0 spiro atoms. The fourth-order valence-electron chi connectivity index (χ4n) is 1.04. The first-order valence-corrected chi connectivity index (χ1v) is 4.51. The molecule has 66 valence electrons. The molecule has 0 aliphatic heterocycles. The van der Waals surface area contributed by atoms with Gasteiger partial charge in [-0.05, 0) is 24.3 Å². The Morgan fingerprint density at radius 2 is 1.92 bits per heavy atom. The standard InChI is InChI=1S/C9H6BrFN2/c10-7-1-3-9(4-2-7)13-6-8(11)5-12-13/h1-6H. The molecule has 0 saturated carbocycles. The maximum absolute atomic E-state index is 12.6. The molecule has 2 rings (SSSR count). The van der Waals surface area contributed by atoms with Gasteiger partial charge in [-0.2, -0.15) is 5.10 Å². The highest BCUT2D eigenvalue weighted by Gasteiger charge is 1.98. The van der Waals surface area contributed by atoms with Crippen LogP contribution in [0.1, 0.15) is 0 Å². The van der Waals surface area contributed by atoms with Crippen molar-refractivity contribution in [2.24, 2.45) is 0 Å². The molecular weight excluding hydrogens is 235 g/mol. The average molecular weight is 241 g/mol. The minimum absolute atomic E-state index is 0.331. The van der Waals surface area contributed by atoms with Crippen molar-refractivity contribution in [2.75, 3.05) is 0 Å². The van der Waals surface area contributed by atoms with Crippen LogP contribution in [0.5, 0.6) is 0 Å². The van der Waals surface area contributed by atoms with E-state index < -0.39 is 0 Å². The molecule has 0 fully saturated rings. The van der Waals surface area contributed by atoms with E-state index in [0.717, 1.165) is 10.2 Å². The lowest BCUT2D eigenvalue weighted by molar-refractivity contribution is 0.627. The van der Waals surface area contributed by atoms with Crippen LogP contribution in [0.25, 0.3) is 5.69 Å². The predicted molar refractivity (Wildman–Crippen MR) is 51.2 cm³/mol. The van der Waals surface area contributed by atoms with E-state index in [4.69, 9.17) is 0 Å². The first-order valence-electron chi connectivity index (χ1n) is 3.72. The van der Waals surface area contributed by atoms with Gasteiger partial charge in [0.15, 0.2) is 5.82 Å². The van der Waals surface area contributed by atoms with E-state index >= 15 is 0 Å². The largest absolute Gasteiger partial charge is 0.238 e. The normalized spacial score (nSPS) is 10.3. The van der Waals surface area contributed by atoms with Crippen molar-refractivity contribution in [1.82, 2.24) is 9.78 Å². The van der Waals surface area contributed by atoms with Crippen molar-refractivity contribution < 1.29 is 4.39 Å². The smallest absolute Gasteiger partial charge is 0.161 e. The van der Waals surface area contributed by atoms with E-state index in [0.29, 0.717) is 0 Å². The summed E-state index contributed by atoms with van der Waals surface area (Å²) in [6, 6.07) is 7.48. The van der Waals surface area contributed by atoms with Crippen molar-refractivity contribution in [3.05, 3.63) is 46.9 Å². The number of aromatic nitrogens is 2. The van der Waals surface area contributed by atoms with Crippen molar-refractivity contribution in [3.63, 3.8) is 0 Å². The Bertz CT molecular complexity index is 408. The molecule has 1 aromatic carbocycles. The average Bonchev–Trinajstić information content (AvgIpc) is 2.53. The third kappa shape index (κ3) is 1.78. The number of halogens is 2. The summed E-state index contributed by atoms with van der Waals surface area (Å²) in [5, 5.41) is 3.84. The van der Waals surface area contributed by atoms with Gasteiger partial charge in [0, 0.05) is 4.47 Å². The lowest BCUT2D eigenvalue weighted by Crippen LogP contribution is -1.92. The number of hydrogen-bond donors (Lipinski definition) is 0. The third-order valence-corrected chi connectivity index (χ3v) is 2.17. The summed E-state index contributed by atoms with van der Waals surface area (Å²) < 4.78 is 15.1. The van der Waals surface area contributed by atoms with E-state index in [-0.39, 0.29) is 5.82 Å². The molecule has 13 heavy (non-hydrogen) atoms. The van der Waals surface area contributed by atoms with Crippen LogP contribution in [0.2, 0.25) is 0 Å². The zero-order valence-electron chi connectivity index (χ0n) is 6.61. The van der Waals surface area contributed by atoms with Crippen LogP contribution in [-0.2, 0) is 0 Å². The lowest BCUT2D eigenvalue weighted by atomic mass is 10.3. The van der Waals surface area contributed by atoms with Gasteiger partial charge in [-0.3, -0.25) is 0 Å². The van der Waals surface area contributed by atoms with Gasteiger partial charge in [0.1, 0.15) is 0 Å². The highest BCUT2D eigenvalue weighted by atomic mass is 79.9. The number of benzene rings is 1. The molecule has 1 aromatic heterocycles. The molecule has 0 amide bonds. The summed E-state index contributed by atoms with van der Waals surface area (Å²) in [7, 11) is 0. The molecule has 2 aromatic rings. The van der Waals surface area contributed by atoms with E-state index in [1.54, 1.807) is 0 Å². The molecule has 0 saturated heterocycles. The van der Waals surface area contributed by atoms with Crippen LogP contribution in [0.3, 0.4) is 0 Å². The molecule has 0 bridgehead atoms. The first-order chi connectivity index (χ1) is 6.25. The van der Waals surface area contributed by atoms with Crippen molar-refractivity contribution in [1.29, 1.82) is 0 Å². The van der Waals surface area contributed by atoms with Crippen LogP contribution >= 0.6 is 15.9 Å². The van der Waals surface area contributed by atoms with Crippen LogP contribution in [-0.4, -0.2) is 9.78 Å². The molecule has 4 heteroatoms. The second-order valence-corrected chi connectivity index (χ2v) is 3.50. The van der Waals surface area contributed by atoms with E-state index in [9.17, 15) is 4.39 Å². The topological polar surface area (TPSA) is 17.8 Å². The monoisotopic (exact) mass is 240 g/mol. The molecule has 0 unspecified atom stereocenters. The zero-order chi connectivity index (χ0) is 9.26.